The van der Waals surface area contributed by atoms with Gasteiger partial charge < -0.3 is 10.6 Å². The molecule has 0 aliphatic rings. The van der Waals surface area contributed by atoms with Crippen molar-refractivity contribution in [2.24, 2.45) is 0 Å². The van der Waals surface area contributed by atoms with Crippen molar-refractivity contribution in [3.63, 3.8) is 0 Å². The van der Waals surface area contributed by atoms with Crippen molar-refractivity contribution in [2.75, 3.05) is 17.2 Å². The summed E-state index contributed by atoms with van der Waals surface area (Å²) in [6, 6.07) is 15.9. The first kappa shape index (κ1) is 12.8. The van der Waals surface area contributed by atoms with Gasteiger partial charge in [0.2, 0.25) is 0 Å². The minimum absolute atomic E-state index is 0.785. The van der Waals surface area contributed by atoms with Gasteiger partial charge in [-0.3, -0.25) is 0 Å². The molecule has 0 aliphatic carbocycles. The van der Waals surface area contributed by atoms with Crippen molar-refractivity contribution in [3.8, 4) is 0 Å². The average molecular weight is 261 g/mol. The van der Waals surface area contributed by atoms with E-state index in [1.165, 1.54) is 0 Å². The van der Waals surface area contributed by atoms with Crippen LogP contribution >= 0.6 is 11.6 Å². The van der Waals surface area contributed by atoms with Crippen LogP contribution in [0.1, 0.15) is 12.5 Å². The third kappa shape index (κ3) is 2.96. The molecular weight excluding hydrogens is 244 g/mol. The summed E-state index contributed by atoms with van der Waals surface area (Å²) in [5.41, 5.74) is 8.79. The fourth-order valence-electron chi connectivity index (χ4n) is 1.90. The highest BCUT2D eigenvalue weighted by atomic mass is 35.5. The van der Waals surface area contributed by atoms with E-state index in [0.717, 1.165) is 35.1 Å². The fourth-order valence-corrected chi connectivity index (χ4v) is 2.10. The van der Waals surface area contributed by atoms with Gasteiger partial charge in [0.05, 0.1) is 0 Å². The van der Waals surface area contributed by atoms with Gasteiger partial charge in [-0.15, -0.1) is 0 Å². The second-order valence-electron chi connectivity index (χ2n) is 4.20. The molecule has 0 bridgehead atoms. The summed E-state index contributed by atoms with van der Waals surface area (Å²) < 4.78 is 0. The van der Waals surface area contributed by atoms with E-state index in [1.54, 1.807) is 0 Å². The Hall–Kier alpha value is -1.67. The number of anilines is 2. The molecule has 0 spiro atoms. The Balaban J connectivity index is 2.20. The van der Waals surface area contributed by atoms with Crippen LogP contribution in [0.3, 0.4) is 0 Å². The Morgan fingerprint density at radius 3 is 2.33 bits per heavy atom. The number of benzene rings is 2. The molecule has 0 amide bonds. The molecule has 2 nitrogen and oxygen atoms in total. The average Bonchev–Trinajstić information content (AvgIpc) is 2.39. The predicted molar refractivity (Wildman–Crippen MR) is 79.0 cm³/mol. The third-order valence-electron chi connectivity index (χ3n) is 2.96. The Morgan fingerprint density at radius 1 is 1.06 bits per heavy atom. The van der Waals surface area contributed by atoms with Gasteiger partial charge >= 0.3 is 0 Å². The Kier molecular flexibility index (Phi) is 4.11. The molecule has 0 aromatic heterocycles. The molecule has 3 heteroatoms. The number of halogens is 1. The monoisotopic (exact) mass is 260 g/mol. The maximum absolute atomic E-state index is 6.19. The summed E-state index contributed by atoms with van der Waals surface area (Å²) in [5.74, 6) is 0. The summed E-state index contributed by atoms with van der Waals surface area (Å²) in [5, 5.41) is 0.811. The highest BCUT2D eigenvalue weighted by Crippen LogP contribution is 2.22. The lowest BCUT2D eigenvalue weighted by atomic mass is 10.2. The second-order valence-corrected chi connectivity index (χ2v) is 4.60. The van der Waals surface area contributed by atoms with Crippen molar-refractivity contribution in [1.82, 2.24) is 0 Å². The van der Waals surface area contributed by atoms with Crippen LogP contribution in [-0.2, 0) is 6.54 Å². The lowest BCUT2D eigenvalue weighted by Crippen LogP contribution is -2.22. The van der Waals surface area contributed by atoms with E-state index >= 15 is 0 Å². The van der Waals surface area contributed by atoms with E-state index in [9.17, 15) is 0 Å². The Labute approximate surface area is 113 Å². The first-order valence-corrected chi connectivity index (χ1v) is 6.42. The smallest absolute Gasteiger partial charge is 0.0455 e. The first-order valence-electron chi connectivity index (χ1n) is 6.04. The van der Waals surface area contributed by atoms with Gasteiger partial charge in [-0.1, -0.05) is 29.8 Å². The zero-order valence-electron chi connectivity index (χ0n) is 10.4. The van der Waals surface area contributed by atoms with Crippen LogP contribution in [0.5, 0.6) is 0 Å². The molecule has 0 unspecified atom stereocenters. The van der Waals surface area contributed by atoms with Crippen LogP contribution < -0.4 is 10.6 Å². The molecule has 0 radical (unpaired) electrons. The number of nitrogens with two attached hydrogens (primary N) is 1. The molecular formula is C15H17ClN2. The van der Waals surface area contributed by atoms with Gasteiger partial charge in [-0.2, -0.15) is 0 Å². The Morgan fingerprint density at radius 2 is 1.72 bits per heavy atom. The van der Waals surface area contributed by atoms with Crippen molar-refractivity contribution < 1.29 is 0 Å². The van der Waals surface area contributed by atoms with Gasteiger partial charge in [-0.05, 0) is 42.8 Å². The third-order valence-corrected chi connectivity index (χ3v) is 3.33. The molecule has 0 aliphatic heterocycles. The summed E-state index contributed by atoms with van der Waals surface area (Å²) >= 11 is 6.19. The van der Waals surface area contributed by atoms with Crippen molar-refractivity contribution in [3.05, 3.63) is 59.1 Å². The van der Waals surface area contributed by atoms with Crippen LogP contribution in [0, 0.1) is 0 Å². The quantitative estimate of drug-likeness (QED) is 0.844. The van der Waals surface area contributed by atoms with Crippen molar-refractivity contribution >= 4 is 23.0 Å². The number of rotatable bonds is 4. The SMILES string of the molecule is CCN(Cc1ccccc1Cl)c1ccc(N)cc1. The number of hydrogen-bond acceptors (Lipinski definition) is 2. The van der Waals surface area contributed by atoms with Crippen LogP contribution in [-0.4, -0.2) is 6.54 Å². The van der Waals surface area contributed by atoms with Crippen LogP contribution in [0.2, 0.25) is 5.02 Å². The molecule has 2 N–H and O–H groups in total. The molecule has 0 saturated carbocycles. The summed E-state index contributed by atoms with van der Waals surface area (Å²) in [7, 11) is 0. The van der Waals surface area contributed by atoms with Crippen molar-refractivity contribution in [2.45, 2.75) is 13.5 Å². The van der Waals surface area contributed by atoms with Gasteiger partial charge in [0.1, 0.15) is 0 Å². The molecule has 2 rings (SSSR count). The topological polar surface area (TPSA) is 29.3 Å². The highest BCUT2D eigenvalue weighted by Gasteiger charge is 2.07. The summed E-state index contributed by atoms with van der Waals surface area (Å²) in [6.45, 7) is 3.86. The molecule has 18 heavy (non-hydrogen) atoms. The Bertz CT molecular complexity index is 508. The zero-order chi connectivity index (χ0) is 13.0. The van der Waals surface area contributed by atoms with Gasteiger partial charge in [0.25, 0.3) is 0 Å². The first-order chi connectivity index (χ1) is 8.70. The molecule has 0 saturated heterocycles. The van der Waals surface area contributed by atoms with Crippen LogP contribution in [0.25, 0.3) is 0 Å². The molecule has 0 heterocycles. The molecule has 2 aromatic rings. The summed E-state index contributed by atoms with van der Waals surface area (Å²) in [6.07, 6.45) is 0. The van der Waals surface area contributed by atoms with Crippen LogP contribution in [0.15, 0.2) is 48.5 Å². The standard InChI is InChI=1S/C15H17ClN2/c1-2-18(14-9-7-13(17)8-10-14)11-12-5-3-4-6-15(12)16/h3-10H,2,11,17H2,1H3. The molecule has 94 valence electrons. The maximum atomic E-state index is 6.19. The number of nitrogens with zero attached hydrogens (tertiary/aromatic N) is 1. The van der Waals surface area contributed by atoms with Crippen molar-refractivity contribution in [1.29, 1.82) is 0 Å². The van der Waals surface area contributed by atoms with Gasteiger partial charge in [-0.25, -0.2) is 0 Å². The minimum atomic E-state index is 0.785. The van der Waals surface area contributed by atoms with E-state index in [0.29, 0.717) is 0 Å². The predicted octanol–water partition coefficient (Wildman–Crippen LogP) is 3.95. The fraction of sp³-hybridized carbons (Fsp3) is 0.200. The lowest BCUT2D eigenvalue weighted by molar-refractivity contribution is 0.832. The second kappa shape index (κ2) is 5.78. The van der Waals surface area contributed by atoms with E-state index in [2.05, 4.69) is 17.9 Å². The number of nitrogen functional groups attached to an aromatic ring is 1. The van der Waals surface area contributed by atoms with Gasteiger partial charge in [0, 0.05) is 29.5 Å². The zero-order valence-corrected chi connectivity index (χ0v) is 11.2. The van der Waals surface area contributed by atoms with E-state index < -0.39 is 0 Å². The summed E-state index contributed by atoms with van der Waals surface area (Å²) in [4.78, 5) is 2.26. The normalized spacial score (nSPS) is 10.3. The highest BCUT2D eigenvalue weighted by molar-refractivity contribution is 6.31. The van der Waals surface area contributed by atoms with E-state index in [1.807, 2.05) is 42.5 Å². The molecule has 0 fully saturated rings. The minimum Gasteiger partial charge on any atom is -0.399 e. The maximum Gasteiger partial charge on any atom is 0.0455 e. The van der Waals surface area contributed by atoms with Gasteiger partial charge in [0.15, 0.2) is 0 Å². The van der Waals surface area contributed by atoms with E-state index in [4.69, 9.17) is 17.3 Å². The number of hydrogen-bond donors (Lipinski definition) is 1. The van der Waals surface area contributed by atoms with E-state index in [-0.39, 0.29) is 0 Å². The molecule has 2 aromatic carbocycles. The van der Waals surface area contributed by atoms with Crippen LogP contribution in [0.4, 0.5) is 11.4 Å². The molecule has 0 atom stereocenters. The lowest BCUT2D eigenvalue weighted by Gasteiger charge is -2.23. The largest absolute Gasteiger partial charge is 0.399 e.